The maximum atomic E-state index is 12.6. The van der Waals surface area contributed by atoms with E-state index in [4.69, 9.17) is 4.74 Å². The summed E-state index contributed by atoms with van der Waals surface area (Å²) in [7, 11) is 1.69. The van der Waals surface area contributed by atoms with E-state index in [1.54, 1.807) is 24.1 Å². The van der Waals surface area contributed by atoms with Crippen molar-refractivity contribution in [2.45, 2.75) is 39.0 Å². The molecule has 2 amide bonds. The number of non-ortho nitro benzene ring substituents is 1. The van der Waals surface area contributed by atoms with Crippen LogP contribution in [0, 0.1) is 10.1 Å². The Kier molecular flexibility index (Phi) is 10.6. The summed E-state index contributed by atoms with van der Waals surface area (Å²) in [5, 5.41) is 17.6. The molecule has 0 bridgehead atoms. The fourth-order valence-corrected chi connectivity index (χ4v) is 5.83. The lowest BCUT2D eigenvalue weighted by molar-refractivity contribution is -0.384. The van der Waals surface area contributed by atoms with Crippen LogP contribution >= 0.6 is 0 Å². The van der Waals surface area contributed by atoms with Crippen LogP contribution in [0.2, 0.25) is 0 Å². The van der Waals surface area contributed by atoms with Crippen molar-refractivity contribution in [3.8, 4) is 5.75 Å². The fraction of sp³-hybridized carbons (Fsp3) is 0.419. The second-order valence-corrected chi connectivity index (χ2v) is 10.3. The van der Waals surface area contributed by atoms with Gasteiger partial charge in [-0.15, -0.1) is 0 Å². The molecule has 2 heterocycles. The number of allylic oxidation sites excluding steroid dienone is 2. The zero-order chi connectivity index (χ0) is 30.1. The monoisotopic (exact) mass is 576 g/mol. The highest BCUT2D eigenvalue weighted by atomic mass is 16.6. The molecule has 224 valence electrons. The van der Waals surface area contributed by atoms with Gasteiger partial charge in [0.15, 0.2) is 0 Å². The van der Waals surface area contributed by atoms with E-state index in [1.807, 2.05) is 32.0 Å². The topological polar surface area (TPSA) is 120 Å². The number of dihydropyridines is 1. The minimum Gasteiger partial charge on any atom is -0.495 e. The van der Waals surface area contributed by atoms with E-state index in [2.05, 4.69) is 26.5 Å². The Hall–Kier alpha value is -4.38. The van der Waals surface area contributed by atoms with Gasteiger partial charge in [-0.3, -0.25) is 24.6 Å². The Morgan fingerprint density at radius 3 is 2.33 bits per heavy atom. The van der Waals surface area contributed by atoms with E-state index in [0.717, 1.165) is 79.6 Å². The molecule has 2 aliphatic heterocycles. The van der Waals surface area contributed by atoms with Gasteiger partial charge in [-0.1, -0.05) is 38.1 Å². The van der Waals surface area contributed by atoms with E-state index in [0.29, 0.717) is 31.5 Å². The summed E-state index contributed by atoms with van der Waals surface area (Å²) in [6, 6.07) is 14.4. The number of amides is 2. The van der Waals surface area contributed by atoms with Gasteiger partial charge < -0.3 is 25.2 Å². The van der Waals surface area contributed by atoms with Gasteiger partial charge in [-0.25, -0.2) is 0 Å². The van der Waals surface area contributed by atoms with Gasteiger partial charge in [0, 0.05) is 56.3 Å². The number of piperazine rings is 1. The van der Waals surface area contributed by atoms with E-state index in [-0.39, 0.29) is 5.69 Å². The number of ether oxygens (including phenoxy) is 1. The van der Waals surface area contributed by atoms with Gasteiger partial charge >= 0.3 is 0 Å². The average molecular weight is 577 g/mol. The van der Waals surface area contributed by atoms with Crippen molar-refractivity contribution < 1.29 is 19.2 Å². The number of benzene rings is 2. The predicted octanol–water partition coefficient (Wildman–Crippen LogP) is 3.95. The van der Waals surface area contributed by atoms with Gasteiger partial charge in [0.1, 0.15) is 5.75 Å². The highest BCUT2D eigenvalue weighted by molar-refractivity contribution is 5.61. The van der Waals surface area contributed by atoms with Crippen LogP contribution in [0.4, 0.5) is 11.4 Å². The van der Waals surface area contributed by atoms with Crippen molar-refractivity contribution in [3.63, 3.8) is 0 Å². The van der Waals surface area contributed by atoms with Gasteiger partial charge in [0.2, 0.25) is 12.8 Å². The number of hydrogen-bond acceptors (Lipinski definition) is 8. The van der Waals surface area contributed by atoms with E-state index in [1.165, 1.54) is 12.1 Å². The lowest BCUT2D eigenvalue weighted by Gasteiger charge is -2.38. The first-order valence-electron chi connectivity index (χ1n) is 14.5. The van der Waals surface area contributed by atoms with Crippen LogP contribution in [-0.2, 0) is 9.59 Å². The minimum absolute atomic E-state index is 0.0171. The molecule has 11 nitrogen and oxygen atoms in total. The lowest BCUT2D eigenvalue weighted by Crippen LogP contribution is -2.47. The molecule has 11 heteroatoms. The van der Waals surface area contributed by atoms with Crippen molar-refractivity contribution in [1.29, 1.82) is 0 Å². The molecule has 0 aromatic heterocycles. The van der Waals surface area contributed by atoms with Crippen LogP contribution in [0.5, 0.6) is 5.75 Å². The summed E-state index contributed by atoms with van der Waals surface area (Å²) in [6.45, 7) is 8.94. The van der Waals surface area contributed by atoms with Crippen LogP contribution in [0.3, 0.4) is 0 Å². The molecule has 1 atom stereocenters. The number of carbonyl (C=O) groups excluding carboxylic acids is 2. The normalized spacial score (nSPS) is 17.5. The van der Waals surface area contributed by atoms with Crippen molar-refractivity contribution in [2.75, 3.05) is 51.3 Å². The number of anilines is 1. The van der Waals surface area contributed by atoms with Gasteiger partial charge in [0.05, 0.1) is 35.0 Å². The van der Waals surface area contributed by atoms with E-state index < -0.39 is 10.8 Å². The van der Waals surface area contributed by atoms with Crippen molar-refractivity contribution >= 4 is 24.2 Å². The molecule has 1 unspecified atom stereocenters. The second kappa shape index (κ2) is 14.5. The zero-order valence-corrected chi connectivity index (χ0v) is 24.5. The van der Waals surface area contributed by atoms with Crippen LogP contribution < -0.4 is 20.3 Å². The molecule has 1 fully saturated rings. The first-order valence-corrected chi connectivity index (χ1v) is 14.5. The summed E-state index contributed by atoms with van der Waals surface area (Å²) in [5.74, 6) is 0.414. The first kappa shape index (κ1) is 30.6. The Morgan fingerprint density at radius 1 is 1.05 bits per heavy atom. The third-order valence-corrected chi connectivity index (χ3v) is 7.97. The molecule has 0 saturated carbocycles. The molecule has 2 aliphatic rings. The molecule has 2 N–H and O–H groups in total. The first-order chi connectivity index (χ1) is 20.4. The standard InChI is InChI=1S/C31H40N6O5/c1-4-25-30(32-21-38)29(23-11-13-24(14-12-23)37(40)41)31(26(5-2)33-25)36(22-39)16-8-15-34-17-19-35(20-18-34)27-9-6-7-10-28(27)42-3/h6-7,9-14,21-22,29,33H,4-5,8,15-20H2,1-3H3,(H,32,38). The molecular weight excluding hydrogens is 536 g/mol. The van der Waals surface area contributed by atoms with Gasteiger partial charge in [-0.2, -0.15) is 0 Å². The number of carbonyl (C=O) groups is 2. The third-order valence-electron chi connectivity index (χ3n) is 7.97. The third kappa shape index (κ3) is 6.73. The van der Waals surface area contributed by atoms with Crippen LogP contribution in [-0.4, -0.2) is 73.9 Å². The summed E-state index contributed by atoms with van der Waals surface area (Å²) in [4.78, 5) is 41.6. The zero-order valence-electron chi connectivity index (χ0n) is 24.5. The summed E-state index contributed by atoms with van der Waals surface area (Å²) in [6.07, 6.45) is 3.53. The number of nitrogens with zero attached hydrogens (tertiary/aromatic N) is 4. The minimum atomic E-state index is -0.461. The summed E-state index contributed by atoms with van der Waals surface area (Å²) in [5.41, 5.74) is 4.99. The highest BCUT2D eigenvalue weighted by Crippen LogP contribution is 2.40. The SMILES string of the molecule is CCC1=C(NC=O)C(c2ccc([N+](=O)[O-])cc2)C(N(C=O)CCCN2CCN(c3ccccc3OC)CC2)=C(CC)N1. The number of methoxy groups -OCH3 is 1. The van der Waals surface area contributed by atoms with Crippen molar-refractivity contribution in [2.24, 2.45) is 0 Å². The smallest absolute Gasteiger partial charge is 0.269 e. The van der Waals surface area contributed by atoms with Gasteiger partial charge in [-0.05, 0) is 43.5 Å². The molecule has 0 spiro atoms. The Balaban J connectivity index is 1.50. The highest BCUT2D eigenvalue weighted by Gasteiger charge is 2.34. The maximum absolute atomic E-state index is 12.6. The van der Waals surface area contributed by atoms with Crippen molar-refractivity contribution in [1.82, 2.24) is 20.4 Å². The molecule has 0 radical (unpaired) electrons. The summed E-state index contributed by atoms with van der Waals surface area (Å²) >= 11 is 0. The van der Waals surface area contributed by atoms with E-state index in [9.17, 15) is 19.7 Å². The van der Waals surface area contributed by atoms with Crippen molar-refractivity contribution in [3.05, 3.63) is 87.0 Å². The quantitative estimate of drug-likeness (QED) is 0.197. The molecule has 2 aromatic rings. The lowest BCUT2D eigenvalue weighted by atomic mass is 9.85. The molecule has 42 heavy (non-hydrogen) atoms. The van der Waals surface area contributed by atoms with Crippen LogP contribution in [0.25, 0.3) is 0 Å². The summed E-state index contributed by atoms with van der Waals surface area (Å²) < 4.78 is 5.54. The second-order valence-electron chi connectivity index (χ2n) is 10.3. The van der Waals surface area contributed by atoms with Crippen LogP contribution in [0.15, 0.2) is 71.3 Å². The number of nitro benzene ring substituents is 1. The van der Waals surface area contributed by atoms with E-state index >= 15 is 0 Å². The number of nitro groups is 1. The number of hydrogen-bond donors (Lipinski definition) is 2. The van der Waals surface area contributed by atoms with Crippen LogP contribution in [0.1, 0.15) is 44.6 Å². The number of para-hydroxylation sites is 2. The molecule has 4 rings (SSSR count). The number of rotatable bonds is 14. The Labute approximate surface area is 247 Å². The molecule has 2 aromatic carbocycles. The molecular formula is C31H40N6O5. The Morgan fingerprint density at radius 2 is 1.74 bits per heavy atom. The largest absolute Gasteiger partial charge is 0.495 e. The fourth-order valence-electron chi connectivity index (χ4n) is 5.83. The Bertz CT molecular complexity index is 1320. The molecule has 0 aliphatic carbocycles. The predicted molar refractivity (Wildman–Crippen MR) is 162 cm³/mol. The molecule has 1 saturated heterocycles. The number of nitrogens with one attached hydrogen (secondary N) is 2. The average Bonchev–Trinajstić information content (AvgIpc) is 3.03. The van der Waals surface area contributed by atoms with Gasteiger partial charge in [0.25, 0.3) is 5.69 Å². The maximum Gasteiger partial charge on any atom is 0.269 e.